The summed E-state index contributed by atoms with van der Waals surface area (Å²) in [6.45, 7) is 6.01. The Labute approximate surface area is 89.1 Å². The second kappa shape index (κ2) is 4.67. The van der Waals surface area contributed by atoms with Gasteiger partial charge in [0.15, 0.2) is 0 Å². The van der Waals surface area contributed by atoms with Gasteiger partial charge in [-0.15, -0.1) is 0 Å². The van der Waals surface area contributed by atoms with Crippen LogP contribution in [0.1, 0.15) is 20.3 Å². The van der Waals surface area contributed by atoms with E-state index in [0.717, 1.165) is 39.9 Å². The molecule has 0 unspecified atom stereocenters. The van der Waals surface area contributed by atoms with Gasteiger partial charge in [0.2, 0.25) is 0 Å². The predicted molar refractivity (Wildman–Crippen MR) is 63.4 cm³/mol. The lowest BCUT2D eigenvalue weighted by Crippen LogP contribution is -2.09. The van der Waals surface area contributed by atoms with Gasteiger partial charge in [0.05, 0.1) is 20.4 Å². The van der Waals surface area contributed by atoms with Gasteiger partial charge < -0.3 is 10.6 Å². The molecule has 0 bridgehead atoms. The molecule has 0 heterocycles. The van der Waals surface area contributed by atoms with Crippen LogP contribution in [0, 0.1) is 9.02 Å². The van der Waals surface area contributed by atoms with Crippen molar-refractivity contribution >= 4 is 35.8 Å². The topological polar surface area (TPSA) is 24.1 Å². The molecule has 2 N–H and O–H groups in total. The minimum Gasteiger partial charge on any atom is -0.382 e. The van der Waals surface area contributed by atoms with Gasteiger partial charge in [-0.2, -0.15) is 0 Å². The number of hydrogen-bond donors (Lipinski definition) is 2. The maximum Gasteiger partial charge on any atom is 0.0832 e. The molecule has 0 spiro atoms. The van der Waals surface area contributed by atoms with E-state index in [9.17, 15) is 0 Å². The van der Waals surface area contributed by atoms with Crippen molar-refractivity contribution in [2.75, 3.05) is 23.7 Å². The summed E-state index contributed by atoms with van der Waals surface area (Å²) < 4.78 is 1.61. The normalized spacial score (nSPS) is 10.3. The van der Waals surface area contributed by atoms with Gasteiger partial charge in [0.1, 0.15) is 0 Å². The molecule has 0 aliphatic heterocycles. The third-order valence-electron chi connectivity index (χ3n) is 1.82. The Morgan fingerprint density at radius 3 is 2.00 bits per heavy atom. The van der Waals surface area contributed by atoms with Gasteiger partial charge in [-0.1, -0.05) is 31.4 Å². The molecule has 13 heavy (non-hydrogen) atoms. The fourth-order valence-corrected chi connectivity index (χ4v) is 1.71. The second-order valence-corrected chi connectivity index (χ2v) is 3.68. The Bertz CT molecular complexity index is 350. The van der Waals surface area contributed by atoms with E-state index >= 15 is 0 Å². The average Bonchev–Trinajstić information content (AvgIpc) is 2.16. The van der Waals surface area contributed by atoms with Crippen LogP contribution < -0.4 is 10.6 Å². The van der Waals surface area contributed by atoms with Crippen molar-refractivity contribution in [3.8, 4) is 0 Å². The van der Waals surface area contributed by atoms with E-state index in [-0.39, 0.29) is 0 Å². The van der Waals surface area contributed by atoms with Crippen LogP contribution in [-0.4, -0.2) is 13.1 Å². The van der Waals surface area contributed by atoms with Crippen LogP contribution in [0.25, 0.3) is 0 Å². The molecular weight excluding hydrogens is 200 g/mol. The summed E-state index contributed by atoms with van der Waals surface area (Å²) >= 11 is 10.2. The van der Waals surface area contributed by atoms with Crippen LogP contribution in [0.2, 0.25) is 0 Å². The molecule has 1 rings (SSSR count). The lowest BCUT2D eigenvalue weighted by atomic mass is 10.2. The predicted octanol–water partition coefficient (Wildman–Crippen LogP) is 3.27. The van der Waals surface area contributed by atoms with Crippen molar-refractivity contribution in [2.24, 2.45) is 0 Å². The quantitative estimate of drug-likeness (QED) is 0.735. The molecule has 0 fully saturated rings. The summed E-state index contributed by atoms with van der Waals surface area (Å²) in [5.41, 5.74) is 2.06. The molecule has 0 aliphatic rings. The van der Waals surface area contributed by atoms with Gasteiger partial charge in [-0.25, -0.2) is 0 Å². The van der Waals surface area contributed by atoms with E-state index in [2.05, 4.69) is 24.5 Å². The first-order valence-corrected chi connectivity index (χ1v) is 5.35. The maximum atomic E-state index is 5.13. The smallest absolute Gasteiger partial charge is 0.0832 e. The number of nitrogens with one attached hydrogen (secondary N) is 2. The highest BCUT2D eigenvalue weighted by molar-refractivity contribution is 7.74. The fraction of sp³-hybridized carbons (Fsp3) is 0.556. The van der Waals surface area contributed by atoms with Crippen LogP contribution in [0.3, 0.4) is 0 Å². The van der Waals surface area contributed by atoms with E-state index < -0.39 is 0 Å². The molecule has 0 saturated carbocycles. The van der Waals surface area contributed by atoms with Gasteiger partial charge >= 0.3 is 0 Å². The monoisotopic (exact) mass is 214 g/mol. The van der Waals surface area contributed by atoms with Crippen LogP contribution in [0.5, 0.6) is 0 Å². The second-order valence-electron chi connectivity index (χ2n) is 2.87. The molecule has 72 valence electrons. The summed E-state index contributed by atoms with van der Waals surface area (Å²) in [4.78, 5) is 0. The molecule has 0 atom stereocenters. The van der Waals surface area contributed by atoms with Crippen molar-refractivity contribution in [1.29, 1.82) is 0 Å². The van der Waals surface area contributed by atoms with E-state index in [0.29, 0.717) is 0 Å². The molecule has 4 heteroatoms. The molecule has 0 saturated heterocycles. The molecule has 0 aliphatic carbocycles. The first kappa shape index (κ1) is 10.6. The summed E-state index contributed by atoms with van der Waals surface area (Å²) in [5, 5.41) is 6.48. The molecule has 0 amide bonds. The van der Waals surface area contributed by atoms with Crippen molar-refractivity contribution in [2.45, 2.75) is 20.3 Å². The van der Waals surface area contributed by atoms with Crippen molar-refractivity contribution in [3.63, 3.8) is 0 Å². The number of rotatable bonds is 5. The van der Waals surface area contributed by atoms with Gasteiger partial charge in [-0.3, -0.25) is 0 Å². The van der Waals surface area contributed by atoms with E-state index in [4.69, 9.17) is 24.4 Å². The van der Waals surface area contributed by atoms with E-state index in [1.807, 2.05) is 0 Å². The summed E-state index contributed by atoms with van der Waals surface area (Å²) in [5.74, 6) is 0. The lowest BCUT2D eigenvalue weighted by molar-refractivity contribution is 0.976. The van der Waals surface area contributed by atoms with Gasteiger partial charge in [-0.05, 0) is 13.3 Å². The van der Waals surface area contributed by atoms with E-state index in [1.54, 1.807) is 0 Å². The van der Waals surface area contributed by atoms with E-state index in [1.165, 1.54) is 0 Å². The van der Waals surface area contributed by atoms with Crippen LogP contribution in [0.15, 0.2) is 0 Å². The Morgan fingerprint density at radius 2 is 1.54 bits per heavy atom. The standard InChI is InChI=1S/C9H14N2S2/c1-3-5-11-7-6(10-4-2)8(12)9(7)13/h10-11H,3-5H2,1-2H3. The highest BCUT2D eigenvalue weighted by Gasteiger charge is 2.12. The third kappa shape index (κ3) is 2.06. The Kier molecular flexibility index (Phi) is 3.81. The first-order valence-electron chi connectivity index (χ1n) is 4.53. The molecule has 0 aromatic heterocycles. The zero-order valence-corrected chi connectivity index (χ0v) is 9.57. The van der Waals surface area contributed by atoms with Crippen LogP contribution in [-0.2, 0) is 0 Å². The maximum absolute atomic E-state index is 5.13. The summed E-state index contributed by atoms with van der Waals surface area (Å²) in [6, 6.07) is 0. The largest absolute Gasteiger partial charge is 0.382 e. The van der Waals surface area contributed by atoms with Crippen LogP contribution in [0.4, 0.5) is 11.4 Å². The number of anilines is 2. The Hall–Kier alpha value is -0.480. The van der Waals surface area contributed by atoms with Crippen molar-refractivity contribution in [1.82, 2.24) is 0 Å². The highest BCUT2D eigenvalue weighted by Crippen LogP contribution is 2.31. The fourth-order valence-electron chi connectivity index (χ4n) is 1.16. The summed E-state index contributed by atoms with van der Waals surface area (Å²) in [7, 11) is 0. The zero-order chi connectivity index (χ0) is 9.84. The first-order chi connectivity index (χ1) is 6.22. The number of hydrogen-bond acceptors (Lipinski definition) is 4. The highest BCUT2D eigenvalue weighted by atomic mass is 32.1. The molecular formula is C9H14N2S2. The SMILES string of the molecule is CCCNc1c(NCC)c(=S)c1=S. The Morgan fingerprint density at radius 1 is 1.00 bits per heavy atom. The summed E-state index contributed by atoms with van der Waals surface area (Å²) in [6.07, 6.45) is 1.10. The Balaban J connectivity index is 2.76. The third-order valence-corrected chi connectivity index (χ3v) is 2.76. The van der Waals surface area contributed by atoms with Crippen molar-refractivity contribution < 1.29 is 0 Å². The van der Waals surface area contributed by atoms with Gasteiger partial charge in [0, 0.05) is 13.1 Å². The minimum absolute atomic E-state index is 0.801. The lowest BCUT2D eigenvalue weighted by Gasteiger charge is -2.16. The van der Waals surface area contributed by atoms with Gasteiger partial charge in [0.25, 0.3) is 0 Å². The molecule has 0 radical (unpaired) electrons. The zero-order valence-electron chi connectivity index (χ0n) is 7.94. The van der Waals surface area contributed by atoms with Crippen LogP contribution >= 0.6 is 24.4 Å². The van der Waals surface area contributed by atoms with Crippen molar-refractivity contribution in [3.05, 3.63) is 9.02 Å². The molecule has 2 nitrogen and oxygen atoms in total. The average molecular weight is 214 g/mol. The minimum atomic E-state index is 0.801. The molecule has 1 aromatic rings. The molecule has 1 aromatic carbocycles.